The predicted molar refractivity (Wildman–Crippen MR) is 182 cm³/mol. The lowest BCUT2D eigenvalue weighted by atomic mass is 10.1. The number of nitrogens with zero attached hydrogens (tertiary/aromatic N) is 3. The normalized spacial score (nSPS) is 12.2. The average Bonchev–Trinajstić information content (AvgIpc) is 3.62. The van der Waals surface area contributed by atoms with E-state index in [0.29, 0.717) is 5.84 Å². The Balaban J connectivity index is 1.25. The minimum absolute atomic E-state index is 0.165. The zero-order valence-electron chi connectivity index (χ0n) is 23.7. The Bertz CT molecular complexity index is 2400. The minimum atomic E-state index is 0.165. The van der Waals surface area contributed by atoms with Crippen molar-refractivity contribution in [2.24, 2.45) is 9.98 Å². The van der Waals surface area contributed by atoms with Crippen LogP contribution in [0.4, 0.5) is 0 Å². The number of hydrogen-bond donors (Lipinski definition) is 1. The topological polar surface area (TPSA) is 66.6 Å². The SMILES string of the molecule is N=C(N=C(N=Cc1ccc2c3ccccc3n(-c3ccc4c(c3)oc3ccccc34)c2c1)c1ccccc1)c1ccccc1. The van der Waals surface area contributed by atoms with E-state index >= 15 is 0 Å². The van der Waals surface area contributed by atoms with Crippen LogP contribution in [-0.4, -0.2) is 22.5 Å². The van der Waals surface area contributed by atoms with Crippen LogP contribution < -0.4 is 0 Å². The van der Waals surface area contributed by atoms with Crippen LogP contribution in [0.2, 0.25) is 0 Å². The molecule has 44 heavy (non-hydrogen) atoms. The van der Waals surface area contributed by atoms with Gasteiger partial charge in [0.25, 0.3) is 0 Å². The standard InChI is InChI=1S/C39H26N4O/c40-38(27-11-3-1-4-12-27)42-39(28-13-5-2-6-14-28)41-25-26-19-21-31-30-15-7-9-17-34(30)43(35(31)23-26)29-20-22-33-32-16-8-10-18-36(32)44-37(33)24-29/h1-25,40H. The van der Waals surface area contributed by atoms with Gasteiger partial charge in [-0.1, -0.05) is 109 Å². The number of para-hydroxylation sites is 2. The van der Waals surface area contributed by atoms with E-state index in [1.54, 1.807) is 0 Å². The van der Waals surface area contributed by atoms with Gasteiger partial charge < -0.3 is 8.98 Å². The number of benzene rings is 6. The molecule has 6 aromatic carbocycles. The van der Waals surface area contributed by atoms with Crippen LogP contribution in [0.5, 0.6) is 0 Å². The lowest BCUT2D eigenvalue weighted by Crippen LogP contribution is -2.04. The molecule has 0 saturated heterocycles. The third-order valence-electron chi connectivity index (χ3n) is 7.95. The number of aromatic nitrogens is 1. The molecular formula is C39H26N4O. The highest BCUT2D eigenvalue weighted by Gasteiger charge is 2.15. The van der Waals surface area contributed by atoms with Gasteiger partial charge in [0, 0.05) is 50.6 Å². The fraction of sp³-hybridized carbons (Fsp3) is 0. The maximum Gasteiger partial charge on any atom is 0.161 e. The molecule has 208 valence electrons. The molecule has 0 radical (unpaired) electrons. The molecule has 0 amide bonds. The van der Waals surface area contributed by atoms with Crippen molar-refractivity contribution in [2.45, 2.75) is 0 Å². The lowest BCUT2D eigenvalue weighted by Gasteiger charge is -2.08. The maximum absolute atomic E-state index is 8.61. The summed E-state index contributed by atoms with van der Waals surface area (Å²) in [5.74, 6) is 0.647. The summed E-state index contributed by atoms with van der Waals surface area (Å²) in [6.45, 7) is 0. The first kappa shape index (κ1) is 25.6. The molecule has 5 heteroatoms. The van der Waals surface area contributed by atoms with Crippen LogP contribution in [0.25, 0.3) is 49.4 Å². The number of hydrogen-bond acceptors (Lipinski definition) is 2. The van der Waals surface area contributed by atoms with E-state index in [1.807, 2.05) is 85.1 Å². The van der Waals surface area contributed by atoms with Crippen molar-refractivity contribution >= 4 is 61.6 Å². The summed E-state index contributed by atoms with van der Waals surface area (Å²) in [6, 6.07) is 48.7. The first-order valence-corrected chi connectivity index (χ1v) is 14.5. The first-order chi connectivity index (χ1) is 21.7. The fourth-order valence-electron chi connectivity index (χ4n) is 5.86. The number of fused-ring (bicyclic) bond motifs is 6. The summed E-state index contributed by atoms with van der Waals surface area (Å²) in [5, 5.41) is 13.2. The molecule has 0 unspecified atom stereocenters. The summed E-state index contributed by atoms with van der Waals surface area (Å²) >= 11 is 0. The van der Waals surface area contributed by atoms with E-state index in [1.165, 1.54) is 5.39 Å². The summed E-state index contributed by atoms with van der Waals surface area (Å²) in [5.41, 5.74) is 7.48. The third-order valence-corrected chi connectivity index (χ3v) is 7.95. The van der Waals surface area contributed by atoms with Crippen molar-refractivity contribution in [1.29, 1.82) is 5.41 Å². The van der Waals surface area contributed by atoms with E-state index in [2.05, 4.69) is 76.3 Å². The van der Waals surface area contributed by atoms with Gasteiger partial charge in [-0.05, 0) is 35.9 Å². The Morgan fingerprint density at radius 2 is 1.20 bits per heavy atom. The second kappa shape index (κ2) is 10.6. The quantitative estimate of drug-likeness (QED) is 0.167. The van der Waals surface area contributed by atoms with E-state index in [0.717, 1.165) is 60.7 Å². The summed E-state index contributed by atoms with van der Waals surface area (Å²) in [6.07, 6.45) is 1.83. The molecule has 0 atom stereocenters. The molecule has 0 spiro atoms. The number of furan rings is 1. The van der Waals surface area contributed by atoms with Crippen LogP contribution in [0.3, 0.4) is 0 Å². The fourth-order valence-corrected chi connectivity index (χ4v) is 5.86. The Labute approximate surface area is 253 Å². The van der Waals surface area contributed by atoms with Crippen LogP contribution in [-0.2, 0) is 0 Å². The second-order valence-corrected chi connectivity index (χ2v) is 10.7. The maximum atomic E-state index is 8.61. The van der Waals surface area contributed by atoms with Gasteiger partial charge >= 0.3 is 0 Å². The van der Waals surface area contributed by atoms with Gasteiger partial charge in [0.15, 0.2) is 11.7 Å². The molecule has 0 aliphatic rings. The van der Waals surface area contributed by atoms with Crippen molar-refractivity contribution in [3.8, 4) is 5.69 Å². The van der Waals surface area contributed by atoms with Crippen LogP contribution in [0.1, 0.15) is 16.7 Å². The number of aliphatic imine (C=N–C) groups is 2. The molecule has 1 N–H and O–H groups in total. The Kier molecular flexibility index (Phi) is 6.20. The highest BCUT2D eigenvalue weighted by atomic mass is 16.3. The molecule has 0 fully saturated rings. The number of amidine groups is 2. The number of rotatable bonds is 4. The van der Waals surface area contributed by atoms with Gasteiger partial charge in [0.05, 0.1) is 11.0 Å². The second-order valence-electron chi connectivity index (χ2n) is 10.7. The molecule has 2 aromatic heterocycles. The molecule has 8 aromatic rings. The minimum Gasteiger partial charge on any atom is -0.456 e. The van der Waals surface area contributed by atoms with Crippen molar-refractivity contribution in [3.05, 3.63) is 162 Å². The summed E-state index contributed by atoms with van der Waals surface area (Å²) < 4.78 is 8.53. The zero-order chi connectivity index (χ0) is 29.5. The number of nitrogens with one attached hydrogen (secondary N) is 1. The van der Waals surface area contributed by atoms with Crippen molar-refractivity contribution in [3.63, 3.8) is 0 Å². The molecule has 0 saturated carbocycles. The highest BCUT2D eigenvalue weighted by Crippen LogP contribution is 2.35. The summed E-state index contributed by atoms with van der Waals surface area (Å²) in [7, 11) is 0. The van der Waals surface area contributed by atoms with E-state index < -0.39 is 0 Å². The van der Waals surface area contributed by atoms with Gasteiger partial charge in [0.1, 0.15) is 11.2 Å². The monoisotopic (exact) mass is 566 g/mol. The lowest BCUT2D eigenvalue weighted by molar-refractivity contribution is 0.668. The molecule has 5 nitrogen and oxygen atoms in total. The van der Waals surface area contributed by atoms with Gasteiger partial charge in [-0.25, -0.2) is 9.98 Å². The van der Waals surface area contributed by atoms with Crippen molar-refractivity contribution in [2.75, 3.05) is 0 Å². The Hall–Kier alpha value is -6.07. The van der Waals surface area contributed by atoms with E-state index in [9.17, 15) is 0 Å². The van der Waals surface area contributed by atoms with Gasteiger partial charge in [-0.15, -0.1) is 0 Å². The van der Waals surface area contributed by atoms with E-state index in [-0.39, 0.29) is 5.84 Å². The predicted octanol–water partition coefficient (Wildman–Crippen LogP) is 9.57. The van der Waals surface area contributed by atoms with Crippen molar-refractivity contribution < 1.29 is 4.42 Å². The van der Waals surface area contributed by atoms with Gasteiger partial charge in [0.2, 0.25) is 0 Å². The molecule has 8 rings (SSSR count). The van der Waals surface area contributed by atoms with Crippen LogP contribution in [0, 0.1) is 5.41 Å². The van der Waals surface area contributed by atoms with Gasteiger partial charge in [-0.2, -0.15) is 0 Å². The largest absolute Gasteiger partial charge is 0.456 e. The Morgan fingerprint density at radius 3 is 2.02 bits per heavy atom. The smallest absolute Gasteiger partial charge is 0.161 e. The third kappa shape index (κ3) is 4.48. The molecule has 2 heterocycles. The highest BCUT2D eigenvalue weighted by molar-refractivity contribution is 6.14. The van der Waals surface area contributed by atoms with Crippen LogP contribution >= 0.6 is 0 Å². The Morgan fingerprint density at radius 1 is 0.568 bits per heavy atom. The molecule has 0 aliphatic heterocycles. The molecule has 0 bridgehead atoms. The zero-order valence-corrected chi connectivity index (χ0v) is 23.7. The van der Waals surface area contributed by atoms with Gasteiger partial charge in [-0.3, -0.25) is 5.41 Å². The average molecular weight is 567 g/mol. The summed E-state index contributed by atoms with van der Waals surface area (Å²) in [4.78, 5) is 9.45. The molecular weight excluding hydrogens is 540 g/mol. The van der Waals surface area contributed by atoms with Crippen molar-refractivity contribution in [1.82, 2.24) is 4.57 Å². The first-order valence-electron chi connectivity index (χ1n) is 14.5. The van der Waals surface area contributed by atoms with E-state index in [4.69, 9.17) is 14.8 Å². The van der Waals surface area contributed by atoms with Crippen LogP contribution in [0.15, 0.2) is 160 Å². The molecule has 0 aliphatic carbocycles.